The lowest BCUT2D eigenvalue weighted by Crippen LogP contribution is -2.40. The van der Waals surface area contributed by atoms with Gasteiger partial charge in [-0.1, -0.05) is 44.2 Å². The Hall–Kier alpha value is -2.50. The number of rotatable bonds is 2. The first-order chi connectivity index (χ1) is 12.1. The first kappa shape index (κ1) is 18.3. The summed E-state index contributed by atoms with van der Waals surface area (Å²) in [5.41, 5.74) is 2.14. The minimum atomic E-state index is -4.38. The topological polar surface area (TPSA) is 49.3 Å². The highest BCUT2D eigenvalue weighted by molar-refractivity contribution is 5.68. The number of carbonyl (C=O) groups is 1. The summed E-state index contributed by atoms with van der Waals surface area (Å²) >= 11 is 0. The third-order valence-electron chi connectivity index (χ3n) is 5.07. The molecule has 2 N–H and O–H groups in total. The molecule has 26 heavy (non-hydrogen) atoms. The number of halogens is 3. The van der Waals surface area contributed by atoms with E-state index < -0.39 is 17.8 Å². The molecule has 138 valence electrons. The Morgan fingerprint density at radius 3 is 2.50 bits per heavy atom. The number of fused-ring (bicyclic) bond motifs is 1. The summed E-state index contributed by atoms with van der Waals surface area (Å²) in [7, 11) is 0. The van der Waals surface area contributed by atoms with Gasteiger partial charge < -0.3 is 10.4 Å². The molecule has 2 aromatic rings. The summed E-state index contributed by atoms with van der Waals surface area (Å²) in [4.78, 5) is 11.2. The molecule has 1 aliphatic rings. The molecule has 0 saturated carbocycles. The van der Waals surface area contributed by atoms with Gasteiger partial charge in [0.15, 0.2) is 0 Å². The monoisotopic (exact) mass is 363 g/mol. The number of alkyl halides is 3. The molecule has 1 aliphatic carbocycles. The highest BCUT2D eigenvalue weighted by Gasteiger charge is 2.37. The molecule has 0 saturated heterocycles. The van der Waals surface area contributed by atoms with Crippen molar-refractivity contribution < 1.29 is 23.1 Å². The molecule has 0 heterocycles. The maximum atomic E-state index is 13.0. The Labute approximate surface area is 149 Å². The summed E-state index contributed by atoms with van der Waals surface area (Å²) in [6.07, 6.45) is -3.92. The largest absolute Gasteiger partial charge is 0.465 e. The van der Waals surface area contributed by atoms with E-state index in [1.54, 1.807) is 12.1 Å². The van der Waals surface area contributed by atoms with Gasteiger partial charge in [-0.15, -0.1) is 0 Å². The number of hydrogen-bond donors (Lipinski definition) is 2. The number of hydrogen-bond acceptors (Lipinski definition) is 1. The molecule has 2 aromatic carbocycles. The van der Waals surface area contributed by atoms with Crippen molar-refractivity contribution in [2.45, 2.75) is 38.9 Å². The third kappa shape index (κ3) is 3.54. The molecule has 0 fully saturated rings. The van der Waals surface area contributed by atoms with E-state index in [1.165, 1.54) is 6.07 Å². The highest BCUT2D eigenvalue weighted by Crippen LogP contribution is 2.44. The lowest BCUT2D eigenvalue weighted by Gasteiger charge is -2.40. The first-order valence-corrected chi connectivity index (χ1v) is 8.38. The van der Waals surface area contributed by atoms with Crippen molar-refractivity contribution in [2.24, 2.45) is 5.41 Å². The summed E-state index contributed by atoms with van der Waals surface area (Å²) in [5.74, 6) is 0. The van der Waals surface area contributed by atoms with Crippen LogP contribution in [0.15, 0.2) is 42.5 Å². The van der Waals surface area contributed by atoms with Crippen molar-refractivity contribution in [1.29, 1.82) is 0 Å². The van der Waals surface area contributed by atoms with Crippen LogP contribution in [-0.2, 0) is 12.6 Å². The summed E-state index contributed by atoms with van der Waals surface area (Å²) in [6, 6.07) is 10.3. The lowest BCUT2D eigenvalue weighted by atomic mass is 9.70. The Morgan fingerprint density at radius 2 is 1.85 bits per heavy atom. The zero-order valence-corrected chi connectivity index (χ0v) is 14.5. The maximum absolute atomic E-state index is 13.0. The van der Waals surface area contributed by atoms with E-state index in [4.69, 9.17) is 5.11 Å². The van der Waals surface area contributed by atoms with Crippen LogP contribution in [0.4, 0.5) is 18.0 Å². The van der Waals surface area contributed by atoms with E-state index in [-0.39, 0.29) is 11.5 Å². The van der Waals surface area contributed by atoms with Gasteiger partial charge in [-0.05, 0) is 52.6 Å². The fourth-order valence-electron chi connectivity index (χ4n) is 3.58. The summed E-state index contributed by atoms with van der Waals surface area (Å²) in [5, 5.41) is 11.7. The Bertz CT molecular complexity index is 843. The molecule has 0 radical (unpaired) electrons. The van der Waals surface area contributed by atoms with Crippen molar-refractivity contribution in [3.05, 3.63) is 59.2 Å². The standard InChI is InChI=1S/C20H20F3NO2/c1-19(2)9-8-14-10-13(6-7-16(14)17(19)24-18(25)26)12-4-3-5-15(11-12)20(21,22)23/h3-7,10-11,17,24H,8-9H2,1-2H3,(H,25,26)/t17-/m1/s1. The van der Waals surface area contributed by atoms with Crippen LogP contribution in [0.2, 0.25) is 0 Å². The second-order valence-corrected chi connectivity index (χ2v) is 7.36. The van der Waals surface area contributed by atoms with Gasteiger partial charge in [0, 0.05) is 0 Å². The molecule has 1 amide bonds. The van der Waals surface area contributed by atoms with Crippen LogP contribution < -0.4 is 5.32 Å². The van der Waals surface area contributed by atoms with E-state index in [0.29, 0.717) is 11.1 Å². The predicted molar refractivity (Wildman–Crippen MR) is 92.9 cm³/mol. The van der Waals surface area contributed by atoms with Crippen molar-refractivity contribution in [2.75, 3.05) is 0 Å². The maximum Gasteiger partial charge on any atom is 0.416 e. The Balaban J connectivity index is 2.01. The van der Waals surface area contributed by atoms with E-state index in [9.17, 15) is 18.0 Å². The van der Waals surface area contributed by atoms with Gasteiger partial charge >= 0.3 is 12.3 Å². The van der Waals surface area contributed by atoms with Crippen LogP contribution >= 0.6 is 0 Å². The zero-order valence-electron chi connectivity index (χ0n) is 14.5. The van der Waals surface area contributed by atoms with E-state index in [1.807, 2.05) is 26.0 Å². The summed E-state index contributed by atoms with van der Waals surface area (Å²) < 4.78 is 38.9. The van der Waals surface area contributed by atoms with Crippen molar-refractivity contribution in [1.82, 2.24) is 5.32 Å². The second-order valence-electron chi connectivity index (χ2n) is 7.36. The minimum absolute atomic E-state index is 0.233. The van der Waals surface area contributed by atoms with Gasteiger partial charge in [-0.2, -0.15) is 13.2 Å². The van der Waals surface area contributed by atoms with Gasteiger partial charge in [0.1, 0.15) is 0 Å². The zero-order chi connectivity index (χ0) is 19.1. The van der Waals surface area contributed by atoms with E-state index in [2.05, 4.69) is 5.32 Å². The molecule has 0 unspecified atom stereocenters. The smallest absolute Gasteiger partial charge is 0.416 e. The molecular weight excluding hydrogens is 343 g/mol. The summed E-state index contributed by atoms with van der Waals surface area (Å²) in [6.45, 7) is 4.02. The molecule has 0 aromatic heterocycles. The van der Waals surface area contributed by atoms with Crippen molar-refractivity contribution in [3.8, 4) is 11.1 Å². The van der Waals surface area contributed by atoms with Crippen LogP contribution in [0.25, 0.3) is 11.1 Å². The first-order valence-electron chi connectivity index (χ1n) is 8.38. The highest BCUT2D eigenvalue weighted by atomic mass is 19.4. The predicted octanol–water partition coefficient (Wildman–Crippen LogP) is 5.65. The third-order valence-corrected chi connectivity index (χ3v) is 5.07. The van der Waals surface area contributed by atoms with Crippen molar-refractivity contribution in [3.63, 3.8) is 0 Å². The number of benzene rings is 2. The lowest BCUT2D eigenvalue weighted by molar-refractivity contribution is -0.137. The van der Waals surface area contributed by atoms with E-state index >= 15 is 0 Å². The Morgan fingerprint density at radius 1 is 1.15 bits per heavy atom. The van der Waals surface area contributed by atoms with Crippen LogP contribution in [-0.4, -0.2) is 11.2 Å². The van der Waals surface area contributed by atoms with Gasteiger partial charge in [0.2, 0.25) is 0 Å². The van der Waals surface area contributed by atoms with Gasteiger partial charge in [-0.25, -0.2) is 4.79 Å². The fourth-order valence-corrected chi connectivity index (χ4v) is 3.58. The van der Waals surface area contributed by atoms with Gasteiger partial charge in [0.05, 0.1) is 11.6 Å². The molecule has 1 atom stereocenters. The average molecular weight is 363 g/mol. The molecule has 3 nitrogen and oxygen atoms in total. The fraction of sp³-hybridized carbons (Fsp3) is 0.350. The number of nitrogens with one attached hydrogen (secondary N) is 1. The van der Waals surface area contributed by atoms with Gasteiger partial charge in [0.25, 0.3) is 0 Å². The quantitative estimate of drug-likeness (QED) is 0.724. The number of aryl methyl sites for hydroxylation is 1. The molecule has 3 rings (SSSR count). The molecule has 0 bridgehead atoms. The van der Waals surface area contributed by atoms with Crippen molar-refractivity contribution >= 4 is 6.09 Å². The van der Waals surface area contributed by atoms with Crippen LogP contribution in [0.5, 0.6) is 0 Å². The SMILES string of the molecule is CC1(C)CCc2cc(-c3cccc(C(F)(F)F)c3)ccc2[C@H]1NC(=O)O. The Kier molecular flexibility index (Phi) is 4.46. The molecular formula is C20H20F3NO2. The normalized spacial score (nSPS) is 18.9. The average Bonchev–Trinajstić information content (AvgIpc) is 2.56. The van der Waals surface area contributed by atoms with Crippen LogP contribution in [0.1, 0.15) is 43.0 Å². The van der Waals surface area contributed by atoms with Crippen LogP contribution in [0.3, 0.4) is 0 Å². The second kappa shape index (κ2) is 6.34. The molecule has 6 heteroatoms. The van der Waals surface area contributed by atoms with E-state index in [0.717, 1.165) is 36.1 Å². The van der Waals surface area contributed by atoms with Crippen LogP contribution in [0, 0.1) is 5.41 Å². The molecule has 0 aliphatic heterocycles. The van der Waals surface area contributed by atoms with Gasteiger partial charge in [-0.3, -0.25) is 0 Å². The molecule has 0 spiro atoms. The number of carboxylic acid groups (broad SMARTS) is 1. The minimum Gasteiger partial charge on any atom is -0.465 e. The number of amides is 1.